The summed E-state index contributed by atoms with van der Waals surface area (Å²) in [4.78, 5) is 13.5. The number of amides is 1. The number of likely N-dealkylation sites (N-methyl/N-ethyl adjacent to an activating group) is 1. The predicted molar refractivity (Wildman–Crippen MR) is 76.1 cm³/mol. The first-order valence-corrected chi connectivity index (χ1v) is 6.39. The maximum atomic E-state index is 11.9. The number of aromatic nitrogens is 2. The van der Waals surface area contributed by atoms with Crippen molar-refractivity contribution < 1.29 is 4.79 Å². The quantitative estimate of drug-likeness (QED) is 0.865. The van der Waals surface area contributed by atoms with Gasteiger partial charge in [0.05, 0.1) is 10.7 Å². The summed E-state index contributed by atoms with van der Waals surface area (Å²) in [6.45, 7) is 1.83. The Balaban J connectivity index is 2.30. The normalized spacial score (nSPS) is 12.2. The van der Waals surface area contributed by atoms with E-state index in [2.05, 4.69) is 5.10 Å². The van der Waals surface area contributed by atoms with E-state index in [1.165, 1.54) is 0 Å². The molecule has 1 amide bonds. The smallest absolute Gasteiger partial charge is 0.246 e. The number of benzene rings is 1. The van der Waals surface area contributed by atoms with Crippen molar-refractivity contribution in [1.82, 2.24) is 14.7 Å². The number of carbonyl (C=O) groups is 1. The summed E-state index contributed by atoms with van der Waals surface area (Å²) in [5.41, 5.74) is 1.64. The van der Waals surface area contributed by atoms with Crippen LogP contribution < -0.4 is 0 Å². The summed E-state index contributed by atoms with van der Waals surface area (Å²) in [7, 11) is 3.47. The van der Waals surface area contributed by atoms with Gasteiger partial charge in [-0.25, -0.2) is 0 Å². The van der Waals surface area contributed by atoms with Gasteiger partial charge in [0.2, 0.25) is 5.91 Å². The van der Waals surface area contributed by atoms with Crippen molar-refractivity contribution in [3.8, 4) is 11.3 Å². The molecule has 2 aromatic rings. The molecule has 0 saturated carbocycles. The molecule has 0 radical (unpaired) electrons. The van der Waals surface area contributed by atoms with Crippen molar-refractivity contribution in [3.63, 3.8) is 0 Å². The van der Waals surface area contributed by atoms with Gasteiger partial charge in [0.1, 0.15) is 6.04 Å². The first-order chi connectivity index (χ1) is 9.00. The molecule has 1 aromatic carbocycles. The largest absolute Gasteiger partial charge is 0.347 e. The van der Waals surface area contributed by atoms with Gasteiger partial charge in [-0.15, -0.1) is 0 Å². The van der Waals surface area contributed by atoms with Crippen LogP contribution in [-0.2, 0) is 4.79 Å². The molecule has 0 bridgehead atoms. The van der Waals surface area contributed by atoms with E-state index in [0.717, 1.165) is 11.3 Å². The summed E-state index contributed by atoms with van der Waals surface area (Å²) in [5, 5.41) is 5.08. The van der Waals surface area contributed by atoms with Crippen molar-refractivity contribution in [2.24, 2.45) is 0 Å². The van der Waals surface area contributed by atoms with Crippen molar-refractivity contribution >= 4 is 17.5 Å². The number of rotatable bonds is 3. The Morgan fingerprint density at radius 1 is 1.32 bits per heavy atom. The van der Waals surface area contributed by atoms with Crippen LogP contribution in [0.5, 0.6) is 0 Å². The lowest BCUT2D eigenvalue weighted by molar-refractivity contribution is -0.131. The third-order valence-corrected chi connectivity index (χ3v) is 3.28. The van der Waals surface area contributed by atoms with E-state index < -0.39 is 0 Å². The highest BCUT2D eigenvalue weighted by Gasteiger charge is 2.18. The van der Waals surface area contributed by atoms with E-state index in [4.69, 9.17) is 11.6 Å². The van der Waals surface area contributed by atoms with Gasteiger partial charge >= 0.3 is 0 Å². The van der Waals surface area contributed by atoms with E-state index >= 15 is 0 Å². The molecule has 1 heterocycles. The van der Waals surface area contributed by atoms with E-state index in [-0.39, 0.29) is 11.9 Å². The van der Waals surface area contributed by atoms with Crippen molar-refractivity contribution in [3.05, 3.63) is 41.6 Å². The number of carbonyl (C=O) groups excluding carboxylic acids is 1. The molecule has 0 saturated heterocycles. The lowest BCUT2D eigenvalue weighted by atomic mass is 10.2. The van der Waals surface area contributed by atoms with Crippen molar-refractivity contribution in [2.75, 3.05) is 14.1 Å². The molecule has 1 atom stereocenters. The fourth-order valence-corrected chi connectivity index (χ4v) is 2.09. The third-order valence-electron chi connectivity index (χ3n) is 2.95. The van der Waals surface area contributed by atoms with Gasteiger partial charge in [0.25, 0.3) is 0 Å². The van der Waals surface area contributed by atoms with Crippen LogP contribution in [-0.4, -0.2) is 34.7 Å². The predicted octanol–water partition coefficient (Wildman–Crippen LogP) is 2.85. The second-order valence-corrected chi connectivity index (χ2v) is 4.98. The van der Waals surface area contributed by atoms with E-state index in [0.29, 0.717) is 5.02 Å². The van der Waals surface area contributed by atoms with Gasteiger partial charge < -0.3 is 4.90 Å². The topological polar surface area (TPSA) is 38.1 Å². The van der Waals surface area contributed by atoms with E-state index in [9.17, 15) is 4.79 Å². The van der Waals surface area contributed by atoms with Crippen LogP contribution in [0.3, 0.4) is 0 Å². The molecule has 100 valence electrons. The van der Waals surface area contributed by atoms with Crippen molar-refractivity contribution in [1.29, 1.82) is 0 Å². The SMILES string of the molecule is CC(C(=O)N(C)C)n1ccc(-c2ccccc2Cl)n1. The fourth-order valence-electron chi connectivity index (χ4n) is 1.85. The fraction of sp³-hybridized carbons (Fsp3) is 0.286. The van der Waals surface area contributed by atoms with Gasteiger partial charge in [-0.2, -0.15) is 5.10 Å². The molecule has 1 unspecified atom stereocenters. The minimum absolute atomic E-state index is 0.00816. The zero-order chi connectivity index (χ0) is 14.0. The lowest BCUT2D eigenvalue weighted by Crippen LogP contribution is -2.30. The monoisotopic (exact) mass is 277 g/mol. The molecular weight excluding hydrogens is 262 g/mol. The molecule has 19 heavy (non-hydrogen) atoms. The van der Waals surface area contributed by atoms with Gasteiger partial charge in [0.15, 0.2) is 0 Å². The minimum atomic E-state index is -0.328. The Labute approximate surface area is 117 Å². The minimum Gasteiger partial charge on any atom is -0.347 e. The van der Waals surface area contributed by atoms with Gasteiger partial charge in [-0.1, -0.05) is 29.8 Å². The van der Waals surface area contributed by atoms with Crippen LogP contribution in [0, 0.1) is 0 Å². The number of hydrogen-bond acceptors (Lipinski definition) is 2. The molecule has 1 aromatic heterocycles. The summed E-state index contributed by atoms with van der Waals surface area (Å²) in [6.07, 6.45) is 1.80. The first-order valence-electron chi connectivity index (χ1n) is 6.02. The highest BCUT2D eigenvalue weighted by atomic mass is 35.5. The van der Waals surface area contributed by atoms with Crippen LogP contribution >= 0.6 is 11.6 Å². The molecule has 0 spiro atoms. The first kappa shape index (κ1) is 13.6. The molecule has 2 rings (SSSR count). The summed E-state index contributed by atoms with van der Waals surface area (Å²) in [5.74, 6) is 0.00816. The average molecular weight is 278 g/mol. The van der Waals surface area contributed by atoms with Crippen LogP contribution in [0.4, 0.5) is 0 Å². The molecule has 0 aliphatic carbocycles. The van der Waals surface area contributed by atoms with Gasteiger partial charge in [-0.3, -0.25) is 9.48 Å². The summed E-state index contributed by atoms with van der Waals surface area (Å²) in [6, 6.07) is 9.06. The van der Waals surface area contributed by atoms with Crippen LogP contribution in [0.25, 0.3) is 11.3 Å². The highest BCUT2D eigenvalue weighted by molar-refractivity contribution is 6.33. The summed E-state index contributed by atoms with van der Waals surface area (Å²) >= 11 is 6.14. The number of halogens is 1. The Hall–Kier alpha value is -1.81. The second kappa shape index (κ2) is 5.45. The van der Waals surface area contributed by atoms with Gasteiger partial charge in [-0.05, 0) is 19.1 Å². The maximum absolute atomic E-state index is 11.9. The van der Waals surface area contributed by atoms with Crippen LogP contribution in [0.2, 0.25) is 5.02 Å². The highest BCUT2D eigenvalue weighted by Crippen LogP contribution is 2.26. The molecular formula is C14H16ClN3O. The number of hydrogen-bond donors (Lipinski definition) is 0. The van der Waals surface area contributed by atoms with Crippen molar-refractivity contribution in [2.45, 2.75) is 13.0 Å². The maximum Gasteiger partial charge on any atom is 0.246 e. The Bertz CT molecular complexity index is 592. The number of nitrogens with zero attached hydrogens (tertiary/aromatic N) is 3. The van der Waals surface area contributed by atoms with Gasteiger partial charge in [0, 0.05) is 25.9 Å². The Morgan fingerprint density at radius 3 is 2.63 bits per heavy atom. The molecule has 5 heteroatoms. The third kappa shape index (κ3) is 2.79. The zero-order valence-electron chi connectivity index (χ0n) is 11.2. The van der Waals surface area contributed by atoms with E-state index in [1.54, 1.807) is 29.9 Å². The second-order valence-electron chi connectivity index (χ2n) is 4.57. The summed E-state index contributed by atoms with van der Waals surface area (Å²) < 4.78 is 1.65. The lowest BCUT2D eigenvalue weighted by Gasteiger charge is -2.16. The van der Waals surface area contributed by atoms with Crippen LogP contribution in [0.15, 0.2) is 36.5 Å². The molecule has 0 fully saturated rings. The zero-order valence-corrected chi connectivity index (χ0v) is 11.9. The molecule has 4 nitrogen and oxygen atoms in total. The van der Waals surface area contributed by atoms with E-state index in [1.807, 2.05) is 37.3 Å². The molecule has 0 aliphatic heterocycles. The van der Waals surface area contributed by atoms with Crippen LogP contribution in [0.1, 0.15) is 13.0 Å². The molecule has 0 aliphatic rings. The molecule has 0 N–H and O–H groups in total. The average Bonchev–Trinajstić information content (AvgIpc) is 2.86. The Morgan fingerprint density at radius 2 is 2.00 bits per heavy atom. The Kier molecular flexibility index (Phi) is 3.90. The standard InChI is InChI=1S/C14H16ClN3O/c1-10(14(19)17(2)3)18-9-8-13(16-18)11-6-4-5-7-12(11)15/h4-10H,1-3H3.